The van der Waals surface area contributed by atoms with Crippen LogP contribution in [0.2, 0.25) is 0 Å². The summed E-state index contributed by atoms with van der Waals surface area (Å²) in [7, 11) is 0. The van der Waals surface area contributed by atoms with E-state index in [4.69, 9.17) is 23.6 Å². The molecule has 0 fully saturated rings. The topological polar surface area (TPSA) is 181 Å². The van der Waals surface area contributed by atoms with E-state index in [-0.39, 0.29) is 24.6 Å². The highest BCUT2D eigenvalue weighted by Crippen LogP contribution is 2.41. The van der Waals surface area contributed by atoms with Crippen molar-refractivity contribution in [1.82, 2.24) is 20.3 Å². The van der Waals surface area contributed by atoms with Crippen molar-refractivity contribution in [3.63, 3.8) is 0 Å². The molecule has 0 aliphatic heterocycles. The SMILES string of the molecule is CC(C)Oc1ccc(-c2nc(-c3cccc4c3CCC4=O)no2)cc1C#N.CC(C)Oc1ccc(-c2nc(-c3cccc4c3CC[C@@H]4CCCO)no2)cc1C#N. The van der Waals surface area contributed by atoms with Crippen LogP contribution in [-0.2, 0) is 12.8 Å². The van der Waals surface area contributed by atoms with Crippen LogP contribution in [0.15, 0.2) is 81.8 Å². The van der Waals surface area contributed by atoms with E-state index < -0.39 is 0 Å². The Morgan fingerprint density at radius 1 is 0.737 bits per heavy atom. The van der Waals surface area contributed by atoms with Crippen LogP contribution < -0.4 is 9.47 Å². The second kappa shape index (κ2) is 17.0. The van der Waals surface area contributed by atoms with E-state index in [1.807, 2.05) is 64.1 Å². The Morgan fingerprint density at radius 2 is 1.28 bits per heavy atom. The Hall–Kier alpha value is -6.63. The number of ether oxygens (including phenoxy) is 2. The number of aliphatic hydroxyl groups is 1. The molecule has 0 unspecified atom stereocenters. The molecule has 2 heterocycles. The fourth-order valence-corrected chi connectivity index (χ4v) is 7.40. The molecule has 0 spiro atoms. The maximum Gasteiger partial charge on any atom is 0.258 e. The zero-order chi connectivity index (χ0) is 40.1. The van der Waals surface area contributed by atoms with Gasteiger partial charge in [0.05, 0.1) is 23.3 Å². The molecule has 8 rings (SSSR count). The lowest BCUT2D eigenvalue weighted by Gasteiger charge is -2.11. The number of Topliss-reactive ketones (excluding diaryl/α,β-unsaturated/α-hetero) is 1. The third kappa shape index (κ3) is 8.32. The normalized spacial score (nSPS) is 14.1. The van der Waals surface area contributed by atoms with E-state index in [0.717, 1.165) is 47.9 Å². The molecule has 1 atom stereocenters. The molecule has 0 radical (unpaired) electrons. The van der Waals surface area contributed by atoms with Gasteiger partial charge in [0, 0.05) is 40.8 Å². The summed E-state index contributed by atoms with van der Waals surface area (Å²) in [6.07, 6.45) is 5.03. The van der Waals surface area contributed by atoms with Crippen molar-refractivity contribution in [2.45, 2.75) is 84.3 Å². The number of aliphatic hydroxyl groups excluding tert-OH is 1. The molecule has 12 heteroatoms. The number of nitriles is 2. The third-order valence-electron chi connectivity index (χ3n) is 9.94. The van der Waals surface area contributed by atoms with Crippen molar-refractivity contribution in [3.05, 3.63) is 106 Å². The number of benzene rings is 4. The number of hydrogen-bond acceptors (Lipinski definition) is 12. The molecule has 2 aliphatic rings. The van der Waals surface area contributed by atoms with Gasteiger partial charge in [-0.05, 0) is 119 Å². The van der Waals surface area contributed by atoms with Gasteiger partial charge in [-0.3, -0.25) is 4.79 Å². The monoisotopic (exact) mass is 762 g/mol. The summed E-state index contributed by atoms with van der Waals surface area (Å²) in [5.74, 6) is 3.40. The average Bonchev–Trinajstić information content (AvgIpc) is 4.05. The van der Waals surface area contributed by atoms with Crippen LogP contribution in [0.1, 0.15) is 97.5 Å². The molecule has 6 aromatic rings. The zero-order valence-electron chi connectivity index (χ0n) is 32.3. The van der Waals surface area contributed by atoms with Gasteiger partial charge in [-0.15, -0.1) is 0 Å². The fraction of sp³-hybridized carbons (Fsp3) is 0.311. The van der Waals surface area contributed by atoms with Crippen molar-refractivity contribution in [2.24, 2.45) is 0 Å². The predicted molar refractivity (Wildman–Crippen MR) is 211 cm³/mol. The Labute approximate surface area is 330 Å². The first-order valence-corrected chi connectivity index (χ1v) is 19.2. The predicted octanol–water partition coefficient (Wildman–Crippen LogP) is 9.06. The fourth-order valence-electron chi connectivity index (χ4n) is 7.40. The Morgan fingerprint density at radius 3 is 1.82 bits per heavy atom. The summed E-state index contributed by atoms with van der Waals surface area (Å²) in [5.41, 5.74) is 8.29. The van der Waals surface area contributed by atoms with E-state index in [2.05, 4.69) is 38.5 Å². The minimum absolute atomic E-state index is 0.0145. The van der Waals surface area contributed by atoms with Gasteiger partial charge < -0.3 is 23.6 Å². The van der Waals surface area contributed by atoms with Crippen molar-refractivity contribution in [1.29, 1.82) is 10.5 Å². The van der Waals surface area contributed by atoms with Crippen LogP contribution in [0.5, 0.6) is 11.5 Å². The lowest BCUT2D eigenvalue weighted by molar-refractivity contribution is 0.0994. The summed E-state index contributed by atoms with van der Waals surface area (Å²) in [6.45, 7) is 7.88. The number of rotatable bonds is 11. The minimum atomic E-state index is -0.0270. The molecule has 1 N–H and O–H groups in total. The Kier molecular flexibility index (Phi) is 11.5. The van der Waals surface area contributed by atoms with E-state index in [0.29, 0.717) is 75.9 Å². The van der Waals surface area contributed by atoms with Crippen molar-refractivity contribution in [2.75, 3.05) is 6.61 Å². The standard InChI is InChI=1S/C24H25N3O3.C21H17N3O3/c1-15(2)29-22-11-9-17(13-18(22)14-25)24-26-23(27-30-24)21-7-3-6-19-16(5-4-12-28)8-10-20(19)21;1-12(2)26-19-9-6-13(10-14(19)11-22)21-23-20(24-27-21)17-5-3-4-16-15(17)7-8-18(16)25/h3,6-7,9,11,13,15-16,28H,4-5,8,10,12H2,1-2H3;3-6,9-10,12H,7-8H2,1-2H3/t16-;/m0./s1. The van der Waals surface area contributed by atoms with Crippen LogP contribution in [0.4, 0.5) is 0 Å². The second-order valence-electron chi connectivity index (χ2n) is 14.6. The zero-order valence-corrected chi connectivity index (χ0v) is 32.3. The summed E-state index contributed by atoms with van der Waals surface area (Å²) in [4.78, 5) is 21.0. The van der Waals surface area contributed by atoms with Gasteiger partial charge >= 0.3 is 0 Å². The van der Waals surface area contributed by atoms with Crippen LogP contribution in [0.25, 0.3) is 45.7 Å². The highest BCUT2D eigenvalue weighted by molar-refractivity contribution is 6.02. The van der Waals surface area contributed by atoms with Gasteiger partial charge in [0.1, 0.15) is 23.6 Å². The lowest BCUT2D eigenvalue weighted by Crippen LogP contribution is -2.06. The van der Waals surface area contributed by atoms with Gasteiger partial charge in [0.15, 0.2) is 5.78 Å². The summed E-state index contributed by atoms with van der Waals surface area (Å²) < 4.78 is 22.3. The van der Waals surface area contributed by atoms with Gasteiger partial charge in [-0.2, -0.15) is 20.5 Å². The Bertz CT molecular complexity index is 2500. The molecule has 0 saturated heterocycles. The van der Waals surface area contributed by atoms with E-state index in [1.54, 1.807) is 30.3 Å². The first-order valence-electron chi connectivity index (χ1n) is 19.2. The van der Waals surface area contributed by atoms with Crippen LogP contribution in [0.3, 0.4) is 0 Å². The first kappa shape index (κ1) is 38.6. The molecule has 288 valence electrons. The molecule has 4 aromatic carbocycles. The number of carbonyl (C=O) groups is 1. The third-order valence-corrected chi connectivity index (χ3v) is 9.94. The Balaban J connectivity index is 0.000000175. The van der Waals surface area contributed by atoms with Gasteiger partial charge in [-0.1, -0.05) is 46.7 Å². The molecule has 0 bridgehead atoms. The van der Waals surface area contributed by atoms with Gasteiger partial charge in [0.2, 0.25) is 11.6 Å². The number of carbonyl (C=O) groups excluding carboxylic acids is 1. The van der Waals surface area contributed by atoms with Crippen LogP contribution in [0, 0.1) is 22.7 Å². The van der Waals surface area contributed by atoms with Crippen LogP contribution >= 0.6 is 0 Å². The van der Waals surface area contributed by atoms with Gasteiger partial charge in [-0.25, -0.2) is 0 Å². The van der Waals surface area contributed by atoms with E-state index >= 15 is 0 Å². The molecule has 2 aromatic heterocycles. The molecule has 0 saturated carbocycles. The summed E-state index contributed by atoms with van der Waals surface area (Å²) in [6, 6.07) is 26.6. The number of ketones is 1. The first-order chi connectivity index (χ1) is 27.7. The molecular formula is C45H42N6O6. The maximum absolute atomic E-state index is 11.9. The number of aromatic nitrogens is 4. The second-order valence-corrected chi connectivity index (χ2v) is 14.6. The number of fused-ring (bicyclic) bond motifs is 2. The lowest BCUT2D eigenvalue weighted by atomic mass is 9.95. The van der Waals surface area contributed by atoms with E-state index in [9.17, 15) is 15.3 Å². The minimum Gasteiger partial charge on any atom is -0.490 e. The number of hydrogen-bond donors (Lipinski definition) is 1. The van der Waals surface area contributed by atoms with Crippen LogP contribution in [-0.4, -0.2) is 50.0 Å². The quantitative estimate of drug-likeness (QED) is 0.132. The average molecular weight is 763 g/mol. The van der Waals surface area contributed by atoms with Gasteiger partial charge in [0.25, 0.3) is 11.8 Å². The highest BCUT2D eigenvalue weighted by Gasteiger charge is 2.27. The van der Waals surface area contributed by atoms with Crippen molar-refractivity contribution < 1.29 is 28.4 Å². The highest BCUT2D eigenvalue weighted by atomic mass is 16.5. The molecule has 57 heavy (non-hydrogen) atoms. The smallest absolute Gasteiger partial charge is 0.258 e. The molecule has 12 nitrogen and oxygen atoms in total. The van der Waals surface area contributed by atoms with Crippen molar-refractivity contribution in [3.8, 4) is 69.3 Å². The van der Waals surface area contributed by atoms with E-state index in [1.165, 1.54) is 11.1 Å². The molecular weight excluding hydrogens is 721 g/mol. The maximum atomic E-state index is 11.9. The summed E-state index contributed by atoms with van der Waals surface area (Å²) >= 11 is 0. The molecule has 0 amide bonds. The molecule has 2 aliphatic carbocycles. The van der Waals surface area contributed by atoms with Crippen molar-refractivity contribution >= 4 is 5.78 Å². The number of nitrogens with zero attached hydrogens (tertiary/aromatic N) is 6. The largest absolute Gasteiger partial charge is 0.490 e. The summed E-state index contributed by atoms with van der Waals surface area (Å²) in [5, 5.41) is 36.3.